The lowest BCUT2D eigenvalue weighted by Gasteiger charge is -2.22. The molecule has 3 rings (SSSR count). The van der Waals surface area contributed by atoms with Gasteiger partial charge in [0.25, 0.3) is 0 Å². The number of carbonyl (C=O) groups is 1. The van der Waals surface area contributed by atoms with Crippen LogP contribution in [0, 0.1) is 0 Å². The lowest BCUT2D eigenvalue weighted by atomic mass is 9.84. The third-order valence-corrected chi connectivity index (χ3v) is 6.34. The summed E-state index contributed by atoms with van der Waals surface area (Å²) >= 11 is 6.07. The van der Waals surface area contributed by atoms with Crippen LogP contribution in [0.5, 0.6) is 11.5 Å². The minimum Gasteiger partial charge on any atom is -0.497 e. The molecule has 0 aliphatic rings. The van der Waals surface area contributed by atoms with Gasteiger partial charge < -0.3 is 13.7 Å². The highest BCUT2D eigenvalue weighted by atomic mass is 35.5. The largest absolute Gasteiger partial charge is 0.534 e. The van der Waals surface area contributed by atoms with Crippen LogP contribution >= 0.6 is 11.6 Å². The molecule has 13 heteroatoms. The summed E-state index contributed by atoms with van der Waals surface area (Å²) in [5, 5.41) is 4.76. The summed E-state index contributed by atoms with van der Waals surface area (Å²) in [6.07, 6.45) is -0.797. The Hall–Kier alpha value is -3.77. The summed E-state index contributed by atoms with van der Waals surface area (Å²) in [5.41, 5.74) is -1.18. The Morgan fingerprint density at radius 3 is 1.97 bits per heavy atom. The second kappa shape index (κ2) is 12.2. The summed E-state index contributed by atoms with van der Waals surface area (Å²) in [6, 6.07) is 18.5. The third kappa shape index (κ3) is 7.17. The van der Waals surface area contributed by atoms with Gasteiger partial charge in [-0.05, 0) is 72.1 Å². The maximum absolute atomic E-state index is 12.7. The number of benzene rings is 3. The van der Waals surface area contributed by atoms with Crippen molar-refractivity contribution < 1.29 is 40.0 Å². The van der Waals surface area contributed by atoms with Gasteiger partial charge in [0, 0.05) is 5.02 Å². The Morgan fingerprint density at radius 2 is 1.47 bits per heavy atom. The van der Waals surface area contributed by atoms with E-state index in [1.165, 1.54) is 19.2 Å². The normalized spacial score (nSPS) is 12.9. The van der Waals surface area contributed by atoms with Crippen molar-refractivity contribution >= 4 is 33.5 Å². The molecule has 3 aromatic carbocycles. The molecule has 1 amide bonds. The number of halogens is 4. The van der Waals surface area contributed by atoms with Gasteiger partial charge in [-0.1, -0.05) is 35.9 Å². The van der Waals surface area contributed by atoms with Gasteiger partial charge in [-0.2, -0.15) is 26.7 Å². The predicted molar refractivity (Wildman–Crippen MR) is 135 cm³/mol. The minimum atomic E-state index is -5.84. The first-order chi connectivity index (χ1) is 17.9. The summed E-state index contributed by atoms with van der Waals surface area (Å²) < 4.78 is 75.3. The van der Waals surface area contributed by atoms with Crippen molar-refractivity contribution in [2.75, 3.05) is 13.7 Å². The van der Waals surface area contributed by atoms with Gasteiger partial charge in [-0.15, -0.1) is 0 Å². The van der Waals surface area contributed by atoms with Crippen molar-refractivity contribution in [3.63, 3.8) is 0 Å². The molecule has 1 atom stereocenters. The molecule has 0 saturated carbocycles. The highest BCUT2D eigenvalue weighted by molar-refractivity contribution is 7.88. The first-order valence-corrected chi connectivity index (χ1v) is 12.7. The van der Waals surface area contributed by atoms with Crippen molar-refractivity contribution in [3.05, 3.63) is 94.5 Å². The molecule has 0 radical (unpaired) electrons. The molecule has 0 aliphatic carbocycles. The summed E-state index contributed by atoms with van der Waals surface area (Å²) in [7, 11) is -4.34. The average Bonchev–Trinajstić information content (AvgIpc) is 2.87. The van der Waals surface area contributed by atoms with Gasteiger partial charge in [0.15, 0.2) is 0 Å². The molecule has 0 bridgehead atoms. The van der Waals surface area contributed by atoms with Crippen LogP contribution in [-0.2, 0) is 14.9 Å². The van der Waals surface area contributed by atoms with Gasteiger partial charge in [-0.25, -0.2) is 10.2 Å². The summed E-state index contributed by atoms with van der Waals surface area (Å²) in [4.78, 5) is 12.0. The maximum atomic E-state index is 12.7. The van der Waals surface area contributed by atoms with E-state index in [0.717, 1.165) is 12.1 Å². The number of ether oxygens (including phenoxy) is 2. The van der Waals surface area contributed by atoms with Gasteiger partial charge in [0.1, 0.15) is 11.5 Å². The fourth-order valence-corrected chi connectivity index (χ4v) is 3.96. The lowest BCUT2D eigenvalue weighted by molar-refractivity contribution is -0.0500. The molecule has 0 heterocycles. The zero-order valence-corrected chi connectivity index (χ0v) is 21.6. The van der Waals surface area contributed by atoms with Gasteiger partial charge in [0.2, 0.25) is 0 Å². The number of amides is 1. The highest BCUT2D eigenvalue weighted by Gasteiger charge is 2.48. The first kappa shape index (κ1) is 28.8. The van der Waals surface area contributed by atoms with E-state index in [1.54, 1.807) is 55.5 Å². The number of nitrogens with one attached hydrogen (secondary N) is 1. The molecule has 0 saturated heterocycles. The topological polar surface area (TPSA) is 103 Å². The third-order valence-electron chi connectivity index (χ3n) is 5.11. The number of alkyl halides is 3. The average molecular weight is 571 g/mol. The molecule has 0 spiro atoms. The van der Waals surface area contributed by atoms with Crippen molar-refractivity contribution in [3.8, 4) is 11.5 Å². The molecule has 1 unspecified atom stereocenters. The van der Waals surface area contributed by atoms with E-state index < -0.39 is 33.4 Å². The van der Waals surface area contributed by atoms with Crippen molar-refractivity contribution in [2.45, 2.75) is 18.3 Å². The second-order valence-corrected chi connectivity index (χ2v) is 9.57. The van der Waals surface area contributed by atoms with Gasteiger partial charge >= 0.3 is 21.7 Å². The second-order valence-electron chi connectivity index (χ2n) is 7.59. The Bertz CT molecular complexity index is 1380. The van der Waals surface area contributed by atoms with Crippen molar-refractivity contribution in [1.82, 2.24) is 5.43 Å². The quantitative estimate of drug-likeness (QED) is 0.150. The number of nitrogens with zero attached hydrogens (tertiary/aromatic N) is 1. The standard InChI is InChI=1S/C25H22ClF3N2O6S/c1-3-36-24(32)31-30-23(18-8-12-20(35-2)13-9-18)22(16-4-10-19(26)11-5-16)17-6-14-21(15-7-17)37-38(33,34)25(27,28)29/h4-15,22H,3H2,1-2H3,(H,31,32). The number of methoxy groups -OCH3 is 1. The molecule has 0 aliphatic heterocycles. The monoisotopic (exact) mass is 570 g/mol. The Kier molecular flexibility index (Phi) is 9.23. The molecule has 0 aromatic heterocycles. The van der Waals surface area contributed by atoms with E-state index in [-0.39, 0.29) is 6.61 Å². The molecule has 38 heavy (non-hydrogen) atoms. The van der Waals surface area contributed by atoms with E-state index in [4.69, 9.17) is 21.1 Å². The Balaban J connectivity index is 2.12. The van der Waals surface area contributed by atoms with Crippen LogP contribution in [-0.4, -0.2) is 39.4 Å². The van der Waals surface area contributed by atoms with Gasteiger partial charge in [-0.3, -0.25) is 0 Å². The fraction of sp³-hybridized carbons (Fsp3) is 0.200. The van der Waals surface area contributed by atoms with Crippen LogP contribution < -0.4 is 14.3 Å². The number of rotatable bonds is 9. The van der Waals surface area contributed by atoms with Gasteiger partial charge in [0.05, 0.1) is 25.3 Å². The van der Waals surface area contributed by atoms with Crippen LogP contribution in [0.15, 0.2) is 77.9 Å². The molecule has 202 valence electrons. The molecular weight excluding hydrogens is 549 g/mol. The number of hydrazone groups is 1. The van der Waals surface area contributed by atoms with Crippen LogP contribution in [0.2, 0.25) is 5.02 Å². The van der Waals surface area contributed by atoms with Crippen LogP contribution in [0.3, 0.4) is 0 Å². The smallest absolute Gasteiger partial charge is 0.497 e. The van der Waals surface area contributed by atoms with E-state index in [1.807, 2.05) is 0 Å². The van der Waals surface area contributed by atoms with E-state index >= 15 is 0 Å². The van der Waals surface area contributed by atoms with Crippen molar-refractivity contribution in [1.29, 1.82) is 0 Å². The Morgan fingerprint density at radius 1 is 0.947 bits per heavy atom. The summed E-state index contributed by atoms with van der Waals surface area (Å²) in [5.74, 6) is -0.661. The minimum absolute atomic E-state index is 0.113. The zero-order chi connectivity index (χ0) is 27.9. The van der Waals surface area contributed by atoms with E-state index in [2.05, 4.69) is 14.7 Å². The molecule has 0 fully saturated rings. The molecule has 3 aromatic rings. The fourth-order valence-electron chi connectivity index (χ4n) is 3.38. The number of carbonyl (C=O) groups excluding carboxylic acids is 1. The molecular formula is C25H22ClF3N2O6S. The van der Waals surface area contributed by atoms with Crippen molar-refractivity contribution in [2.24, 2.45) is 5.10 Å². The SMILES string of the molecule is CCOC(=O)NN=C(c1ccc(OC)cc1)C(c1ccc(Cl)cc1)c1ccc(OS(=O)(=O)C(F)(F)F)cc1. The lowest BCUT2D eigenvalue weighted by Crippen LogP contribution is -2.28. The highest BCUT2D eigenvalue weighted by Crippen LogP contribution is 2.33. The maximum Gasteiger partial charge on any atom is 0.534 e. The van der Waals surface area contributed by atoms with E-state index in [0.29, 0.717) is 33.2 Å². The molecule has 8 nitrogen and oxygen atoms in total. The number of hydrogen-bond acceptors (Lipinski definition) is 7. The summed E-state index contributed by atoms with van der Waals surface area (Å²) in [6.45, 7) is 1.74. The Labute approximate surface area is 222 Å². The molecule has 1 N–H and O–H groups in total. The first-order valence-electron chi connectivity index (χ1n) is 11.0. The van der Waals surface area contributed by atoms with Crippen LogP contribution in [0.25, 0.3) is 0 Å². The zero-order valence-electron chi connectivity index (χ0n) is 20.0. The number of hydrogen-bond donors (Lipinski definition) is 1. The van der Waals surface area contributed by atoms with Crippen LogP contribution in [0.1, 0.15) is 29.5 Å². The van der Waals surface area contributed by atoms with E-state index in [9.17, 15) is 26.4 Å². The predicted octanol–water partition coefficient (Wildman–Crippen LogP) is 5.86. The van der Waals surface area contributed by atoms with Crippen LogP contribution in [0.4, 0.5) is 18.0 Å².